The van der Waals surface area contributed by atoms with Crippen LogP contribution in [0.15, 0.2) is 60.7 Å². The van der Waals surface area contributed by atoms with Crippen LogP contribution in [-0.2, 0) is 27.2 Å². The smallest absolute Gasteiger partial charge is 0.244 e. The Labute approximate surface area is 197 Å². The maximum atomic E-state index is 13.8. The summed E-state index contributed by atoms with van der Waals surface area (Å²) in [5.74, 6) is -2.79. The van der Waals surface area contributed by atoms with Gasteiger partial charge < -0.3 is 31.5 Å². The van der Waals surface area contributed by atoms with Crippen LogP contribution in [0.3, 0.4) is 0 Å². The van der Waals surface area contributed by atoms with Crippen LogP contribution in [0.5, 0.6) is 0 Å². The van der Waals surface area contributed by atoms with Crippen LogP contribution in [0.1, 0.15) is 11.1 Å². The van der Waals surface area contributed by atoms with E-state index in [1.807, 2.05) is 60.7 Å². The highest BCUT2D eigenvalue weighted by Crippen LogP contribution is 2.32. The molecule has 9 nitrogen and oxygen atoms in total. The first kappa shape index (κ1) is 23.9. The van der Waals surface area contributed by atoms with E-state index in [0.29, 0.717) is 0 Å². The lowest BCUT2D eigenvalue weighted by molar-refractivity contribution is -0.167. The van der Waals surface area contributed by atoms with Crippen molar-refractivity contribution in [3.8, 4) is 0 Å². The highest BCUT2D eigenvalue weighted by molar-refractivity contribution is 5.97. The van der Waals surface area contributed by atoms with Crippen LogP contribution in [0.25, 0.3) is 0 Å². The lowest BCUT2D eigenvalue weighted by Crippen LogP contribution is -2.73. The Morgan fingerprint density at radius 1 is 0.941 bits per heavy atom. The predicted molar refractivity (Wildman–Crippen MR) is 124 cm³/mol. The maximum absolute atomic E-state index is 13.8. The van der Waals surface area contributed by atoms with Crippen molar-refractivity contribution in [2.24, 2.45) is 17.4 Å². The third-order valence-corrected chi connectivity index (χ3v) is 6.75. The second-order valence-electron chi connectivity index (χ2n) is 9.21. The molecule has 2 aliphatic heterocycles. The second kappa shape index (κ2) is 9.54. The average molecular weight is 467 g/mol. The topological polar surface area (TPSA) is 150 Å². The van der Waals surface area contributed by atoms with E-state index in [0.717, 1.165) is 11.1 Å². The summed E-state index contributed by atoms with van der Waals surface area (Å²) in [7, 11) is 0. The molecule has 0 aromatic heterocycles. The van der Waals surface area contributed by atoms with Crippen molar-refractivity contribution in [1.29, 1.82) is 0 Å². The highest BCUT2D eigenvalue weighted by Gasteiger charge is 2.54. The third-order valence-electron chi connectivity index (χ3n) is 6.75. The number of aliphatic hydroxyl groups excluding tert-OH is 2. The zero-order valence-corrected chi connectivity index (χ0v) is 18.8. The molecule has 2 heterocycles. The number of likely N-dealkylation sites (tertiary alicyclic amines) is 2. The van der Waals surface area contributed by atoms with E-state index in [4.69, 9.17) is 11.5 Å². The lowest BCUT2D eigenvalue weighted by atomic mass is 9.73. The maximum Gasteiger partial charge on any atom is 0.244 e. The van der Waals surface area contributed by atoms with Crippen molar-refractivity contribution >= 4 is 17.7 Å². The molecule has 2 aliphatic rings. The molecule has 0 spiro atoms. The van der Waals surface area contributed by atoms with E-state index in [1.54, 1.807) is 0 Å². The van der Waals surface area contributed by atoms with Gasteiger partial charge in [-0.15, -0.1) is 0 Å². The number of amides is 3. The molecule has 2 aromatic carbocycles. The molecule has 9 heteroatoms. The summed E-state index contributed by atoms with van der Waals surface area (Å²) in [6.07, 6.45) is -1.44. The number of nitrogens with zero attached hydrogens (tertiary/aromatic N) is 2. The predicted octanol–water partition coefficient (Wildman–Crippen LogP) is -0.954. The van der Waals surface area contributed by atoms with Gasteiger partial charge in [-0.2, -0.15) is 0 Å². The van der Waals surface area contributed by atoms with Crippen molar-refractivity contribution in [3.05, 3.63) is 71.8 Å². The van der Waals surface area contributed by atoms with Gasteiger partial charge in [-0.3, -0.25) is 14.4 Å². The molecule has 2 aromatic rings. The molecule has 4 rings (SSSR count). The average Bonchev–Trinajstić information content (AvgIpc) is 2.78. The fourth-order valence-corrected chi connectivity index (χ4v) is 4.79. The number of carbonyl (C=O) groups is 3. The Bertz CT molecular complexity index is 1040. The Hall–Kier alpha value is -3.27. The highest BCUT2D eigenvalue weighted by atomic mass is 16.3. The normalized spacial score (nSPS) is 22.8. The molecule has 34 heavy (non-hydrogen) atoms. The summed E-state index contributed by atoms with van der Waals surface area (Å²) in [6, 6.07) is 17.2. The number of nitrogens with two attached hydrogens (primary N) is 2. The summed E-state index contributed by atoms with van der Waals surface area (Å²) in [5.41, 5.74) is 12.3. The minimum absolute atomic E-state index is 0.0598. The molecule has 0 aliphatic carbocycles. The lowest BCUT2D eigenvalue weighted by Gasteiger charge is -2.49. The Kier molecular flexibility index (Phi) is 6.70. The van der Waals surface area contributed by atoms with Crippen LogP contribution in [0, 0.1) is 5.92 Å². The third kappa shape index (κ3) is 4.54. The first-order valence-corrected chi connectivity index (χ1v) is 11.3. The van der Waals surface area contributed by atoms with Crippen molar-refractivity contribution in [1.82, 2.24) is 9.80 Å². The number of carbonyl (C=O) groups excluding carboxylic acids is 3. The van der Waals surface area contributed by atoms with Crippen LogP contribution < -0.4 is 11.5 Å². The van der Waals surface area contributed by atoms with Crippen LogP contribution in [0.4, 0.5) is 0 Å². The molecule has 4 atom stereocenters. The van der Waals surface area contributed by atoms with E-state index < -0.39 is 47.4 Å². The molecule has 0 saturated carbocycles. The van der Waals surface area contributed by atoms with Gasteiger partial charge in [-0.1, -0.05) is 60.7 Å². The first-order chi connectivity index (χ1) is 16.2. The number of hydrogen-bond donors (Lipinski definition) is 4. The van der Waals surface area contributed by atoms with Gasteiger partial charge in [0.15, 0.2) is 0 Å². The van der Waals surface area contributed by atoms with Crippen LogP contribution in [-0.4, -0.2) is 81.2 Å². The SMILES string of the molecule is NC(=O)C1C(O)CN1C(=O)[C@@H](Cc1ccccc1)C(N)(Cc1ccccc1)C(=O)N1CC(O)C1. The fourth-order valence-electron chi connectivity index (χ4n) is 4.79. The second-order valence-corrected chi connectivity index (χ2v) is 9.21. The Morgan fingerprint density at radius 2 is 1.50 bits per heavy atom. The van der Waals surface area contributed by atoms with Gasteiger partial charge in [0.25, 0.3) is 0 Å². The number of β-amino-alcohol motifs (C(OH)–C–C–N with tert-alkyl or cyclic N) is 2. The van der Waals surface area contributed by atoms with Gasteiger partial charge in [0.1, 0.15) is 17.7 Å². The zero-order valence-electron chi connectivity index (χ0n) is 18.8. The fraction of sp³-hybridized carbons (Fsp3) is 0.400. The quantitative estimate of drug-likeness (QED) is 0.394. The van der Waals surface area contributed by atoms with Gasteiger partial charge in [-0.25, -0.2) is 0 Å². The number of rotatable bonds is 8. The van der Waals surface area contributed by atoms with E-state index in [2.05, 4.69) is 0 Å². The molecule has 2 fully saturated rings. The molecule has 6 N–H and O–H groups in total. The molecule has 3 amide bonds. The number of primary amides is 1. The van der Waals surface area contributed by atoms with Crippen molar-refractivity contribution < 1.29 is 24.6 Å². The standard InChI is InChI=1S/C25H30N4O5/c26-22(32)21-20(31)15-29(21)23(33)19(11-16-7-3-1-4-8-16)25(27,12-17-9-5-2-6-10-17)24(34)28-13-18(30)14-28/h1-10,18-21,30-31H,11-15,27H2,(H2,26,32)/t19-,20?,21?,25?/m1/s1. The van der Waals surface area contributed by atoms with E-state index in [9.17, 15) is 24.6 Å². The van der Waals surface area contributed by atoms with E-state index in [-0.39, 0.29) is 32.5 Å². The molecule has 0 bridgehead atoms. The van der Waals surface area contributed by atoms with Crippen molar-refractivity contribution in [3.63, 3.8) is 0 Å². The van der Waals surface area contributed by atoms with Crippen molar-refractivity contribution in [2.75, 3.05) is 19.6 Å². The van der Waals surface area contributed by atoms with Crippen LogP contribution in [0.2, 0.25) is 0 Å². The summed E-state index contributed by atoms with van der Waals surface area (Å²) in [5, 5.41) is 19.8. The van der Waals surface area contributed by atoms with Crippen LogP contribution >= 0.6 is 0 Å². The molecule has 2 saturated heterocycles. The minimum Gasteiger partial charge on any atom is -0.389 e. The summed E-state index contributed by atoms with van der Waals surface area (Å²) in [6.45, 7) is 0.228. The number of aliphatic hydroxyl groups is 2. The monoisotopic (exact) mass is 466 g/mol. The van der Waals surface area contributed by atoms with Gasteiger partial charge in [0.05, 0.1) is 18.6 Å². The molecular formula is C25H30N4O5. The summed E-state index contributed by atoms with van der Waals surface area (Å²) >= 11 is 0. The van der Waals surface area contributed by atoms with Gasteiger partial charge in [0.2, 0.25) is 17.7 Å². The molecule has 180 valence electrons. The molecule has 3 unspecified atom stereocenters. The first-order valence-electron chi connectivity index (χ1n) is 11.3. The van der Waals surface area contributed by atoms with Gasteiger partial charge >= 0.3 is 0 Å². The zero-order chi connectivity index (χ0) is 24.5. The van der Waals surface area contributed by atoms with E-state index >= 15 is 0 Å². The molecular weight excluding hydrogens is 436 g/mol. The Morgan fingerprint density at radius 3 is 2.00 bits per heavy atom. The Balaban J connectivity index is 1.74. The minimum atomic E-state index is -1.66. The van der Waals surface area contributed by atoms with Gasteiger partial charge in [-0.05, 0) is 17.5 Å². The molecule has 0 radical (unpaired) electrons. The summed E-state index contributed by atoms with van der Waals surface area (Å²) in [4.78, 5) is 42.1. The van der Waals surface area contributed by atoms with Crippen molar-refractivity contribution in [2.45, 2.75) is 36.6 Å². The number of benzene rings is 2. The largest absolute Gasteiger partial charge is 0.389 e. The number of hydrogen-bond acceptors (Lipinski definition) is 6. The summed E-state index contributed by atoms with van der Waals surface area (Å²) < 4.78 is 0. The van der Waals surface area contributed by atoms with E-state index in [1.165, 1.54) is 9.80 Å². The van der Waals surface area contributed by atoms with Gasteiger partial charge in [0, 0.05) is 19.5 Å².